The molecule has 0 aliphatic carbocycles. The van der Waals surface area contributed by atoms with Crippen LogP contribution >= 0.6 is 0 Å². The Hall–Kier alpha value is -1.77. The number of hydrogen-bond acceptors (Lipinski definition) is 4. The second-order valence-electron chi connectivity index (χ2n) is 4.49. The molecular formula is C13H17FN4O2S. The number of nitrogens with zero attached hydrogens (tertiary/aromatic N) is 2. The number of sulfonamides is 1. The van der Waals surface area contributed by atoms with E-state index >= 15 is 0 Å². The highest BCUT2D eigenvalue weighted by molar-refractivity contribution is 7.89. The fourth-order valence-electron chi connectivity index (χ4n) is 1.88. The van der Waals surface area contributed by atoms with E-state index in [4.69, 9.17) is 0 Å². The Balaban J connectivity index is 2.04. The van der Waals surface area contributed by atoms with E-state index in [2.05, 4.69) is 15.0 Å². The third kappa shape index (κ3) is 4.10. The standard InChI is InChI=1S/C13H17FN4O2S/c1-15-9-11-2-3-13(12(14)8-11)21(19,20)17-5-7-18-6-4-16-10-18/h2-4,6,8,10,15,17H,5,7,9H2,1H3. The van der Waals surface area contributed by atoms with E-state index in [0.29, 0.717) is 18.7 Å². The quantitative estimate of drug-likeness (QED) is 0.790. The van der Waals surface area contributed by atoms with Gasteiger partial charge in [-0.15, -0.1) is 0 Å². The van der Waals surface area contributed by atoms with Crippen molar-refractivity contribution >= 4 is 10.0 Å². The highest BCUT2D eigenvalue weighted by atomic mass is 32.2. The van der Waals surface area contributed by atoms with E-state index in [0.717, 1.165) is 0 Å². The monoisotopic (exact) mass is 312 g/mol. The molecule has 0 bridgehead atoms. The molecule has 21 heavy (non-hydrogen) atoms. The fraction of sp³-hybridized carbons (Fsp3) is 0.308. The average molecular weight is 312 g/mol. The fourth-order valence-corrected chi connectivity index (χ4v) is 2.96. The van der Waals surface area contributed by atoms with Crippen molar-refractivity contribution in [2.45, 2.75) is 18.0 Å². The predicted octanol–water partition coefficient (Wildman–Crippen LogP) is 0.720. The molecule has 1 aromatic heterocycles. The molecule has 0 radical (unpaired) electrons. The average Bonchev–Trinajstić information content (AvgIpc) is 2.92. The van der Waals surface area contributed by atoms with E-state index in [-0.39, 0.29) is 11.4 Å². The zero-order valence-corrected chi connectivity index (χ0v) is 12.4. The van der Waals surface area contributed by atoms with Crippen LogP contribution in [0, 0.1) is 5.82 Å². The summed E-state index contributed by atoms with van der Waals surface area (Å²) in [5, 5.41) is 2.88. The number of hydrogen-bond donors (Lipinski definition) is 2. The molecule has 0 fully saturated rings. The van der Waals surface area contributed by atoms with Gasteiger partial charge in [0.25, 0.3) is 0 Å². The molecule has 0 spiro atoms. The highest BCUT2D eigenvalue weighted by Gasteiger charge is 2.18. The van der Waals surface area contributed by atoms with Gasteiger partial charge >= 0.3 is 0 Å². The zero-order valence-electron chi connectivity index (χ0n) is 11.6. The van der Waals surface area contributed by atoms with Crippen LogP contribution in [0.3, 0.4) is 0 Å². The smallest absolute Gasteiger partial charge is 0.243 e. The summed E-state index contributed by atoms with van der Waals surface area (Å²) in [5.41, 5.74) is 0.687. The van der Waals surface area contributed by atoms with Crippen molar-refractivity contribution in [3.8, 4) is 0 Å². The summed E-state index contributed by atoms with van der Waals surface area (Å²) < 4.78 is 42.1. The van der Waals surface area contributed by atoms with Gasteiger partial charge in [0.2, 0.25) is 10.0 Å². The number of benzene rings is 1. The van der Waals surface area contributed by atoms with Gasteiger partial charge in [0.05, 0.1) is 6.33 Å². The largest absolute Gasteiger partial charge is 0.336 e. The van der Waals surface area contributed by atoms with E-state index in [1.165, 1.54) is 12.1 Å². The van der Waals surface area contributed by atoms with Crippen LogP contribution in [0.5, 0.6) is 0 Å². The van der Waals surface area contributed by atoms with Crippen LogP contribution < -0.4 is 10.0 Å². The summed E-state index contributed by atoms with van der Waals surface area (Å²) in [4.78, 5) is 3.52. The number of imidazole rings is 1. The third-order valence-corrected chi connectivity index (χ3v) is 4.38. The van der Waals surface area contributed by atoms with Gasteiger partial charge in [0.1, 0.15) is 10.7 Å². The Bertz CT molecular complexity index is 686. The van der Waals surface area contributed by atoms with Crippen molar-refractivity contribution in [1.29, 1.82) is 0 Å². The van der Waals surface area contributed by atoms with Gasteiger partial charge in [-0.05, 0) is 24.7 Å². The molecule has 1 heterocycles. The van der Waals surface area contributed by atoms with Crippen molar-refractivity contribution in [2.75, 3.05) is 13.6 Å². The molecule has 6 nitrogen and oxygen atoms in total. The molecule has 8 heteroatoms. The van der Waals surface area contributed by atoms with Crippen LogP contribution in [0.2, 0.25) is 0 Å². The van der Waals surface area contributed by atoms with Crippen LogP contribution in [0.4, 0.5) is 4.39 Å². The first-order chi connectivity index (χ1) is 10.0. The van der Waals surface area contributed by atoms with E-state index in [1.807, 2.05) is 0 Å². The molecular weight excluding hydrogens is 295 g/mol. The van der Waals surface area contributed by atoms with Gasteiger partial charge in [-0.25, -0.2) is 22.5 Å². The molecule has 0 atom stereocenters. The summed E-state index contributed by atoms with van der Waals surface area (Å²) in [5.74, 6) is -0.752. The van der Waals surface area contributed by atoms with Crippen molar-refractivity contribution in [1.82, 2.24) is 19.6 Å². The topological polar surface area (TPSA) is 76.0 Å². The van der Waals surface area contributed by atoms with Crippen LogP contribution in [0.15, 0.2) is 41.8 Å². The maximum absolute atomic E-state index is 13.9. The Labute approximate surface area is 123 Å². The van der Waals surface area contributed by atoms with Gasteiger partial charge in [-0.1, -0.05) is 6.07 Å². The SMILES string of the molecule is CNCc1ccc(S(=O)(=O)NCCn2ccnc2)c(F)c1. The summed E-state index contributed by atoms with van der Waals surface area (Å²) in [6, 6.07) is 4.09. The number of rotatable bonds is 7. The van der Waals surface area contributed by atoms with Gasteiger partial charge < -0.3 is 9.88 Å². The molecule has 0 saturated carbocycles. The Morgan fingerprint density at radius 3 is 2.81 bits per heavy atom. The summed E-state index contributed by atoms with van der Waals surface area (Å²) in [6.45, 7) is 1.07. The molecule has 0 amide bonds. The highest BCUT2D eigenvalue weighted by Crippen LogP contribution is 2.15. The molecule has 2 N–H and O–H groups in total. The van der Waals surface area contributed by atoms with Gasteiger partial charge in [0, 0.05) is 32.0 Å². The molecule has 0 aliphatic rings. The van der Waals surface area contributed by atoms with E-state index < -0.39 is 15.8 Å². The zero-order chi connectivity index (χ0) is 15.3. The minimum atomic E-state index is -3.86. The van der Waals surface area contributed by atoms with E-state index in [9.17, 15) is 12.8 Å². The molecule has 0 aliphatic heterocycles. The first-order valence-corrected chi connectivity index (χ1v) is 7.89. The summed E-state index contributed by atoms with van der Waals surface area (Å²) >= 11 is 0. The van der Waals surface area contributed by atoms with Crippen LogP contribution in [0.25, 0.3) is 0 Å². The Morgan fingerprint density at radius 1 is 1.38 bits per heavy atom. The molecule has 1 aromatic carbocycles. The molecule has 2 rings (SSSR count). The normalized spacial score (nSPS) is 11.7. The van der Waals surface area contributed by atoms with Crippen LogP contribution in [-0.4, -0.2) is 31.6 Å². The van der Waals surface area contributed by atoms with Crippen molar-refractivity contribution in [2.24, 2.45) is 0 Å². The maximum atomic E-state index is 13.9. The second kappa shape index (κ2) is 6.79. The van der Waals surface area contributed by atoms with Crippen molar-refractivity contribution < 1.29 is 12.8 Å². The van der Waals surface area contributed by atoms with Crippen molar-refractivity contribution in [3.63, 3.8) is 0 Å². The second-order valence-corrected chi connectivity index (χ2v) is 6.23. The van der Waals surface area contributed by atoms with Gasteiger partial charge in [-0.2, -0.15) is 0 Å². The summed E-state index contributed by atoms with van der Waals surface area (Å²) in [6.07, 6.45) is 4.91. The number of aromatic nitrogens is 2. The minimum absolute atomic E-state index is 0.163. The van der Waals surface area contributed by atoms with E-state index in [1.54, 1.807) is 36.4 Å². The van der Waals surface area contributed by atoms with Crippen LogP contribution in [-0.2, 0) is 23.1 Å². The van der Waals surface area contributed by atoms with Crippen LogP contribution in [0.1, 0.15) is 5.56 Å². The minimum Gasteiger partial charge on any atom is -0.336 e. The van der Waals surface area contributed by atoms with Crippen molar-refractivity contribution in [3.05, 3.63) is 48.3 Å². The molecule has 0 unspecified atom stereocenters. The first kappa shape index (κ1) is 15.6. The lowest BCUT2D eigenvalue weighted by Crippen LogP contribution is -2.28. The molecule has 2 aromatic rings. The lowest BCUT2D eigenvalue weighted by molar-refractivity contribution is 0.550. The Morgan fingerprint density at radius 2 is 2.19 bits per heavy atom. The number of halogens is 1. The molecule has 0 saturated heterocycles. The Kier molecular flexibility index (Phi) is 5.05. The first-order valence-electron chi connectivity index (χ1n) is 6.41. The van der Waals surface area contributed by atoms with Gasteiger partial charge in [-0.3, -0.25) is 0 Å². The third-order valence-electron chi connectivity index (χ3n) is 2.89. The maximum Gasteiger partial charge on any atom is 0.243 e. The van der Waals surface area contributed by atoms with Gasteiger partial charge in [0.15, 0.2) is 0 Å². The molecule has 114 valence electrons. The predicted molar refractivity (Wildman–Crippen MR) is 76.6 cm³/mol. The lowest BCUT2D eigenvalue weighted by Gasteiger charge is -2.09. The lowest BCUT2D eigenvalue weighted by atomic mass is 10.2. The summed E-state index contributed by atoms with van der Waals surface area (Å²) in [7, 11) is -2.12. The number of nitrogens with one attached hydrogen (secondary N) is 2.